The molecule has 3 aliphatic carbocycles. The molecule has 0 spiro atoms. The van der Waals surface area contributed by atoms with E-state index in [0.29, 0.717) is 29.1 Å². The highest BCUT2D eigenvalue weighted by Crippen LogP contribution is 2.60. The van der Waals surface area contributed by atoms with Crippen LogP contribution in [-0.4, -0.2) is 28.8 Å². The van der Waals surface area contributed by atoms with E-state index in [-0.39, 0.29) is 17.8 Å². The van der Waals surface area contributed by atoms with E-state index in [1.807, 2.05) is 18.2 Å². The lowest BCUT2D eigenvalue weighted by molar-refractivity contribution is 0.103. The van der Waals surface area contributed by atoms with Crippen LogP contribution in [0.2, 0.25) is 0 Å². The minimum atomic E-state index is -0.0991. The Morgan fingerprint density at radius 2 is 2.09 bits per heavy atom. The Bertz CT molecular complexity index is 1210. The third-order valence-electron chi connectivity index (χ3n) is 8.25. The average molecular weight is 460 g/mol. The van der Waals surface area contributed by atoms with Crippen molar-refractivity contribution >= 4 is 11.4 Å². The van der Waals surface area contributed by atoms with Crippen LogP contribution in [0.15, 0.2) is 46.7 Å². The van der Waals surface area contributed by atoms with Gasteiger partial charge in [0.25, 0.3) is 0 Å². The molecule has 2 N–H and O–H groups in total. The topological polar surface area (TPSA) is 107 Å². The van der Waals surface area contributed by atoms with Crippen molar-refractivity contribution in [1.29, 1.82) is 5.26 Å². The molecule has 2 aromatic carbocycles. The molecule has 0 aromatic heterocycles. The summed E-state index contributed by atoms with van der Waals surface area (Å²) in [6, 6.07) is 13.1. The molecule has 7 heteroatoms. The number of phenolic OH excluding ortho intramolecular Hbond substituents is 1. The maximum Gasteiger partial charge on any atom is 0.160 e. The van der Waals surface area contributed by atoms with Crippen molar-refractivity contribution in [1.82, 2.24) is 0 Å². The Morgan fingerprint density at radius 3 is 2.85 bits per heavy atom. The molecular formula is C27H29N3O4. The van der Waals surface area contributed by atoms with Crippen molar-refractivity contribution in [3.05, 3.63) is 58.7 Å². The number of nitrogens with zero attached hydrogens (tertiary/aromatic N) is 3. The summed E-state index contributed by atoms with van der Waals surface area (Å²) in [6.45, 7) is 2.49. The Balaban J connectivity index is 1.50. The molecule has 0 aliphatic heterocycles. The highest BCUT2D eigenvalue weighted by Gasteiger charge is 2.54. The van der Waals surface area contributed by atoms with Crippen LogP contribution in [0.25, 0.3) is 0 Å². The largest absolute Gasteiger partial charge is 0.504 e. The minimum absolute atomic E-state index is 0.0883. The Labute approximate surface area is 199 Å². The van der Waals surface area contributed by atoms with Gasteiger partial charge in [0, 0.05) is 11.0 Å². The fourth-order valence-electron chi connectivity index (χ4n) is 6.55. The van der Waals surface area contributed by atoms with Crippen LogP contribution in [0.5, 0.6) is 11.5 Å². The summed E-state index contributed by atoms with van der Waals surface area (Å²) in [5.41, 5.74) is 5.12. The Kier molecular flexibility index (Phi) is 5.68. The maximum atomic E-state index is 10.5. The molecule has 0 saturated heterocycles. The zero-order valence-electron chi connectivity index (χ0n) is 19.5. The van der Waals surface area contributed by atoms with E-state index < -0.39 is 0 Å². The van der Waals surface area contributed by atoms with Crippen molar-refractivity contribution < 1.29 is 19.9 Å². The summed E-state index contributed by atoms with van der Waals surface area (Å²) in [7, 11) is 1.56. The first-order valence-electron chi connectivity index (χ1n) is 11.8. The van der Waals surface area contributed by atoms with Gasteiger partial charge in [0.15, 0.2) is 11.5 Å². The fraction of sp³-hybridized carbons (Fsp3) is 0.444. The third-order valence-corrected chi connectivity index (χ3v) is 8.25. The summed E-state index contributed by atoms with van der Waals surface area (Å²) < 4.78 is 5.43. The number of phenols is 1. The molecule has 34 heavy (non-hydrogen) atoms. The summed E-state index contributed by atoms with van der Waals surface area (Å²) >= 11 is 0. The second kappa shape index (κ2) is 8.68. The monoisotopic (exact) mass is 459 g/mol. The molecule has 2 aromatic rings. The number of hydrogen-bond acceptors (Lipinski definition) is 7. The van der Waals surface area contributed by atoms with Gasteiger partial charge in [0.2, 0.25) is 0 Å². The van der Waals surface area contributed by atoms with Crippen molar-refractivity contribution in [3.63, 3.8) is 0 Å². The molecule has 7 nitrogen and oxygen atoms in total. The first kappa shape index (κ1) is 22.3. The van der Waals surface area contributed by atoms with Gasteiger partial charge >= 0.3 is 0 Å². The number of hydrogen-bond donors (Lipinski definition) is 2. The molecule has 0 heterocycles. The first-order valence-corrected chi connectivity index (χ1v) is 11.8. The SMILES string of the molecule is COc1cc2c(cc1O)/C(=N/OCc1cccc(C#N)c1)C[C@@H]1[C@@H]2CC[C@]2(C)/C(=N/O)CC[C@@H]12. The molecule has 0 amide bonds. The summed E-state index contributed by atoms with van der Waals surface area (Å²) in [5.74, 6) is 1.61. The molecule has 4 atom stereocenters. The number of nitriles is 1. The van der Waals surface area contributed by atoms with Crippen LogP contribution in [-0.2, 0) is 11.4 Å². The third kappa shape index (κ3) is 3.58. The number of ether oxygens (including phenoxy) is 1. The standard InChI is InChI=1S/C27H29N3O4/c1-27-9-8-18-19-13-25(33-2)24(31)12-21(19)23(11-20(18)22(27)6-7-26(27)29-32)30-34-15-17-5-3-4-16(10-17)14-28/h3-5,10,12-13,18,20,22,31-32H,6-9,11,15H2,1-2H3/b29-26+,30-23+/t18-,20-,22+,27+/m1/s1. The number of methoxy groups -OCH3 is 1. The van der Waals surface area contributed by atoms with Crippen molar-refractivity contribution in [3.8, 4) is 17.6 Å². The lowest BCUT2D eigenvalue weighted by atomic mass is 9.55. The summed E-state index contributed by atoms with van der Waals surface area (Å²) in [6.07, 6.45) is 4.51. The van der Waals surface area contributed by atoms with Gasteiger partial charge < -0.3 is 19.9 Å². The van der Waals surface area contributed by atoms with Gasteiger partial charge in [-0.3, -0.25) is 0 Å². The lowest BCUT2D eigenvalue weighted by Crippen LogP contribution is -2.43. The normalized spacial score (nSPS) is 29.7. The van der Waals surface area contributed by atoms with E-state index in [4.69, 9.17) is 14.8 Å². The number of oxime groups is 2. The summed E-state index contributed by atoms with van der Waals surface area (Å²) in [4.78, 5) is 5.77. The fourth-order valence-corrected chi connectivity index (χ4v) is 6.55. The zero-order chi connectivity index (χ0) is 23.9. The van der Waals surface area contributed by atoms with Crippen LogP contribution in [0.1, 0.15) is 67.2 Å². The van der Waals surface area contributed by atoms with Gasteiger partial charge in [-0.05, 0) is 85.3 Å². The van der Waals surface area contributed by atoms with Crippen LogP contribution in [0.4, 0.5) is 0 Å². The van der Waals surface area contributed by atoms with Crippen molar-refractivity contribution in [2.45, 2.75) is 51.6 Å². The molecule has 3 aliphatic rings. The van der Waals surface area contributed by atoms with E-state index in [0.717, 1.165) is 60.2 Å². The van der Waals surface area contributed by atoms with Crippen LogP contribution in [0, 0.1) is 28.6 Å². The first-order chi connectivity index (χ1) is 16.5. The number of aromatic hydroxyl groups is 1. The predicted octanol–water partition coefficient (Wildman–Crippen LogP) is 5.34. The quantitative estimate of drug-likeness (QED) is 0.474. The van der Waals surface area contributed by atoms with E-state index in [1.54, 1.807) is 25.3 Å². The highest BCUT2D eigenvalue weighted by atomic mass is 16.6. The van der Waals surface area contributed by atoms with Gasteiger partial charge in [-0.2, -0.15) is 5.26 Å². The Morgan fingerprint density at radius 1 is 1.24 bits per heavy atom. The Hall–Kier alpha value is -3.53. The van der Waals surface area contributed by atoms with Crippen molar-refractivity contribution in [2.24, 2.45) is 27.6 Å². The van der Waals surface area contributed by atoms with Gasteiger partial charge in [-0.25, -0.2) is 0 Å². The van der Waals surface area contributed by atoms with Gasteiger partial charge in [-0.15, -0.1) is 0 Å². The number of fused-ring (bicyclic) bond motifs is 5. The van der Waals surface area contributed by atoms with Crippen LogP contribution in [0.3, 0.4) is 0 Å². The van der Waals surface area contributed by atoms with Crippen LogP contribution >= 0.6 is 0 Å². The second-order valence-corrected chi connectivity index (χ2v) is 9.86. The molecule has 2 saturated carbocycles. The van der Waals surface area contributed by atoms with Crippen LogP contribution < -0.4 is 4.74 Å². The van der Waals surface area contributed by atoms with Gasteiger partial charge in [0.05, 0.1) is 30.2 Å². The van der Waals surface area contributed by atoms with Gasteiger partial charge in [0.1, 0.15) is 6.61 Å². The molecule has 2 fully saturated rings. The highest BCUT2D eigenvalue weighted by molar-refractivity contribution is 6.04. The van der Waals surface area contributed by atoms with E-state index >= 15 is 0 Å². The smallest absolute Gasteiger partial charge is 0.160 e. The predicted molar refractivity (Wildman–Crippen MR) is 127 cm³/mol. The molecule has 0 bridgehead atoms. The molecule has 0 radical (unpaired) electrons. The maximum absolute atomic E-state index is 10.5. The number of benzene rings is 2. The molecule has 0 unspecified atom stereocenters. The van der Waals surface area contributed by atoms with Gasteiger partial charge in [-0.1, -0.05) is 29.4 Å². The van der Waals surface area contributed by atoms with Crippen molar-refractivity contribution in [2.75, 3.05) is 7.11 Å². The molecule has 5 rings (SSSR count). The average Bonchev–Trinajstić information content (AvgIpc) is 3.20. The number of rotatable bonds is 4. The van der Waals surface area contributed by atoms with E-state index in [2.05, 4.69) is 23.3 Å². The van der Waals surface area contributed by atoms with E-state index in [1.165, 1.54) is 0 Å². The molecular weight excluding hydrogens is 430 g/mol. The van der Waals surface area contributed by atoms with E-state index in [9.17, 15) is 10.3 Å². The minimum Gasteiger partial charge on any atom is -0.504 e. The second-order valence-electron chi connectivity index (χ2n) is 9.86. The lowest BCUT2D eigenvalue weighted by Gasteiger charge is -2.48. The molecule has 176 valence electrons. The zero-order valence-corrected chi connectivity index (χ0v) is 19.5. The summed E-state index contributed by atoms with van der Waals surface area (Å²) in [5, 5.41) is 37.5.